The van der Waals surface area contributed by atoms with Crippen LogP contribution in [0.25, 0.3) is 10.9 Å². The van der Waals surface area contributed by atoms with Crippen LogP contribution in [-0.4, -0.2) is 4.98 Å². The Kier molecular flexibility index (Phi) is 3.72. The zero-order valence-corrected chi connectivity index (χ0v) is 11.8. The smallest absolute Gasteiger partial charge is 0.0728 e. The van der Waals surface area contributed by atoms with Gasteiger partial charge in [0.05, 0.1) is 5.52 Å². The molecule has 0 aliphatic heterocycles. The van der Waals surface area contributed by atoms with Crippen molar-refractivity contribution in [2.45, 2.75) is 10.6 Å². The number of rotatable bonds is 3. The van der Waals surface area contributed by atoms with Gasteiger partial charge in [0, 0.05) is 27.3 Å². The van der Waals surface area contributed by atoms with Crippen LogP contribution in [0.1, 0.15) is 5.56 Å². The van der Waals surface area contributed by atoms with Crippen molar-refractivity contribution in [3.05, 3.63) is 71.4 Å². The van der Waals surface area contributed by atoms with Crippen LogP contribution in [-0.2, 0) is 5.75 Å². The van der Waals surface area contributed by atoms with Crippen molar-refractivity contribution >= 4 is 34.3 Å². The molecule has 1 heterocycles. The van der Waals surface area contributed by atoms with Gasteiger partial charge in [-0.25, -0.2) is 0 Å². The lowest BCUT2D eigenvalue weighted by Crippen LogP contribution is -1.84. The van der Waals surface area contributed by atoms with Crippen LogP contribution in [0.4, 0.5) is 0 Å². The van der Waals surface area contributed by atoms with E-state index in [1.807, 2.05) is 24.3 Å². The first-order valence-electron chi connectivity index (χ1n) is 6.04. The van der Waals surface area contributed by atoms with Crippen molar-refractivity contribution in [3.63, 3.8) is 0 Å². The van der Waals surface area contributed by atoms with Crippen molar-refractivity contribution in [3.8, 4) is 0 Å². The molecule has 3 heteroatoms. The Labute approximate surface area is 121 Å². The summed E-state index contributed by atoms with van der Waals surface area (Å²) in [5, 5.41) is 1.90. The molecule has 0 radical (unpaired) electrons. The molecule has 0 amide bonds. The molecular weight excluding hydrogens is 274 g/mol. The van der Waals surface area contributed by atoms with Gasteiger partial charge in [0.2, 0.25) is 0 Å². The molecule has 19 heavy (non-hydrogen) atoms. The van der Waals surface area contributed by atoms with E-state index in [9.17, 15) is 0 Å². The number of pyridine rings is 1. The van der Waals surface area contributed by atoms with Crippen molar-refractivity contribution in [1.29, 1.82) is 0 Å². The van der Waals surface area contributed by atoms with E-state index in [2.05, 4.69) is 35.3 Å². The highest BCUT2D eigenvalue weighted by molar-refractivity contribution is 7.98. The van der Waals surface area contributed by atoms with Crippen LogP contribution in [0.5, 0.6) is 0 Å². The molecular formula is C16H12ClNS. The average molecular weight is 286 g/mol. The van der Waals surface area contributed by atoms with Gasteiger partial charge in [-0.2, -0.15) is 0 Å². The lowest BCUT2D eigenvalue weighted by atomic mass is 10.2. The minimum Gasteiger partial charge on any atom is -0.256 e. The van der Waals surface area contributed by atoms with Crippen LogP contribution >= 0.6 is 23.4 Å². The van der Waals surface area contributed by atoms with Gasteiger partial charge in [0.15, 0.2) is 0 Å². The lowest BCUT2D eigenvalue weighted by Gasteiger charge is -2.07. The van der Waals surface area contributed by atoms with E-state index in [-0.39, 0.29) is 0 Å². The molecule has 0 aliphatic rings. The Morgan fingerprint density at radius 3 is 2.68 bits per heavy atom. The molecule has 0 saturated carbocycles. The summed E-state index contributed by atoms with van der Waals surface area (Å²) in [7, 11) is 0. The second kappa shape index (κ2) is 5.64. The Bertz CT molecular complexity index is 697. The number of fused-ring (bicyclic) bond motifs is 1. The summed E-state index contributed by atoms with van der Waals surface area (Å²) in [6.07, 6.45) is 1.80. The molecule has 3 aromatic rings. The fraction of sp³-hybridized carbons (Fsp3) is 0.0625. The molecule has 1 nitrogen and oxygen atoms in total. The van der Waals surface area contributed by atoms with Gasteiger partial charge < -0.3 is 0 Å². The Morgan fingerprint density at radius 2 is 1.84 bits per heavy atom. The highest BCUT2D eigenvalue weighted by atomic mass is 35.5. The van der Waals surface area contributed by atoms with Gasteiger partial charge in [-0.05, 0) is 23.8 Å². The zero-order valence-electron chi connectivity index (χ0n) is 10.2. The summed E-state index contributed by atoms with van der Waals surface area (Å²) < 4.78 is 0. The van der Waals surface area contributed by atoms with Crippen molar-refractivity contribution < 1.29 is 0 Å². The SMILES string of the molecule is Clc1cc(SCc2ccccc2)c2cccnc2c1. The van der Waals surface area contributed by atoms with Crippen LogP contribution in [0.15, 0.2) is 65.7 Å². The van der Waals surface area contributed by atoms with E-state index < -0.39 is 0 Å². The third-order valence-corrected chi connectivity index (χ3v) is 4.23. The van der Waals surface area contributed by atoms with E-state index in [0.29, 0.717) is 0 Å². The molecule has 2 aromatic carbocycles. The molecule has 0 N–H and O–H groups in total. The fourth-order valence-corrected chi connectivity index (χ4v) is 3.30. The Morgan fingerprint density at radius 1 is 1.00 bits per heavy atom. The summed E-state index contributed by atoms with van der Waals surface area (Å²) in [5.41, 5.74) is 2.26. The summed E-state index contributed by atoms with van der Waals surface area (Å²) in [4.78, 5) is 5.54. The first-order valence-corrected chi connectivity index (χ1v) is 7.40. The molecule has 1 aromatic heterocycles. The van der Waals surface area contributed by atoms with Gasteiger partial charge in [-0.1, -0.05) is 48.0 Å². The quantitative estimate of drug-likeness (QED) is 0.615. The van der Waals surface area contributed by atoms with E-state index in [1.165, 1.54) is 10.5 Å². The van der Waals surface area contributed by atoms with Crippen LogP contribution in [0, 0.1) is 0 Å². The third kappa shape index (κ3) is 2.91. The summed E-state index contributed by atoms with van der Waals surface area (Å²) in [6.45, 7) is 0. The predicted octanol–water partition coefficient (Wildman–Crippen LogP) is 5.18. The first-order chi connectivity index (χ1) is 9.33. The van der Waals surface area contributed by atoms with E-state index >= 15 is 0 Å². The molecule has 3 rings (SSSR count). The van der Waals surface area contributed by atoms with Gasteiger partial charge in [-0.3, -0.25) is 4.98 Å². The Hall–Kier alpha value is -1.51. The fourth-order valence-electron chi connectivity index (χ4n) is 1.97. The minimum atomic E-state index is 0.738. The predicted molar refractivity (Wildman–Crippen MR) is 82.8 cm³/mol. The third-order valence-electron chi connectivity index (χ3n) is 2.88. The number of thioether (sulfide) groups is 1. The first kappa shape index (κ1) is 12.5. The number of aromatic nitrogens is 1. The van der Waals surface area contributed by atoms with Gasteiger partial charge in [-0.15, -0.1) is 11.8 Å². The molecule has 0 spiro atoms. The summed E-state index contributed by atoms with van der Waals surface area (Å²) in [6, 6.07) is 18.4. The largest absolute Gasteiger partial charge is 0.256 e. The highest BCUT2D eigenvalue weighted by Crippen LogP contribution is 2.32. The molecule has 0 fully saturated rings. The number of hydrogen-bond donors (Lipinski definition) is 0. The summed E-state index contributed by atoms with van der Waals surface area (Å²) in [5.74, 6) is 0.936. The van der Waals surface area contributed by atoms with Crippen molar-refractivity contribution in [2.24, 2.45) is 0 Å². The van der Waals surface area contributed by atoms with Crippen molar-refractivity contribution in [1.82, 2.24) is 4.98 Å². The van der Waals surface area contributed by atoms with Crippen molar-refractivity contribution in [2.75, 3.05) is 0 Å². The zero-order chi connectivity index (χ0) is 13.1. The normalized spacial score (nSPS) is 10.8. The minimum absolute atomic E-state index is 0.738. The standard InChI is InChI=1S/C16H12ClNS/c17-13-9-15-14(7-4-8-18-15)16(10-13)19-11-12-5-2-1-3-6-12/h1-10H,11H2. The van der Waals surface area contributed by atoms with Crippen LogP contribution in [0.2, 0.25) is 5.02 Å². The van der Waals surface area contributed by atoms with Crippen LogP contribution in [0.3, 0.4) is 0 Å². The van der Waals surface area contributed by atoms with Gasteiger partial charge >= 0.3 is 0 Å². The molecule has 94 valence electrons. The number of halogens is 1. The number of nitrogens with zero attached hydrogens (tertiary/aromatic N) is 1. The molecule has 0 saturated heterocycles. The monoisotopic (exact) mass is 285 g/mol. The maximum Gasteiger partial charge on any atom is 0.0728 e. The van der Waals surface area contributed by atoms with Gasteiger partial charge in [0.1, 0.15) is 0 Å². The van der Waals surface area contributed by atoms with E-state index in [4.69, 9.17) is 11.6 Å². The van der Waals surface area contributed by atoms with E-state index in [0.717, 1.165) is 21.7 Å². The topological polar surface area (TPSA) is 12.9 Å². The molecule has 0 unspecified atom stereocenters. The molecule has 0 aliphatic carbocycles. The van der Waals surface area contributed by atoms with Gasteiger partial charge in [0.25, 0.3) is 0 Å². The molecule has 0 bridgehead atoms. The maximum atomic E-state index is 6.15. The maximum absolute atomic E-state index is 6.15. The Balaban J connectivity index is 1.92. The lowest BCUT2D eigenvalue weighted by molar-refractivity contribution is 1.37. The van der Waals surface area contributed by atoms with Crippen LogP contribution < -0.4 is 0 Å². The van der Waals surface area contributed by atoms with E-state index in [1.54, 1.807) is 18.0 Å². The number of hydrogen-bond acceptors (Lipinski definition) is 2. The summed E-state index contributed by atoms with van der Waals surface area (Å²) >= 11 is 7.94. The highest BCUT2D eigenvalue weighted by Gasteiger charge is 2.05. The second-order valence-electron chi connectivity index (χ2n) is 4.25. The second-order valence-corrected chi connectivity index (χ2v) is 5.70. The molecule has 0 atom stereocenters. The number of benzene rings is 2. The average Bonchev–Trinajstić information content (AvgIpc) is 2.45.